The number of fused-ring (bicyclic) bond motifs is 1. The van der Waals surface area contributed by atoms with Crippen LogP contribution >= 0.6 is 0 Å². The Kier molecular flexibility index (Phi) is 5.22. The van der Waals surface area contributed by atoms with Gasteiger partial charge in [0.1, 0.15) is 0 Å². The van der Waals surface area contributed by atoms with Crippen molar-refractivity contribution in [1.29, 1.82) is 0 Å². The number of rotatable bonds is 4. The third-order valence-electron chi connectivity index (χ3n) is 4.15. The molecule has 1 aromatic heterocycles. The molecule has 0 saturated carbocycles. The van der Waals surface area contributed by atoms with Crippen molar-refractivity contribution < 1.29 is 9.53 Å². The number of hydrogen-bond donors (Lipinski definition) is 2. The van der Waals surface area contributed by atoms with Gasteiger partial charge in [-0.25, -0.2) is 14.8 Å². The smallest absolute Gasteiger partial charge is 0.319 e. The molecule has 2 heterocycles. The van der Waals surface area contributed by atoms with E-state index in [-0.39, 0.29) is 6.03 Å². The van der Waals surface area contributed by atoms with Gasteiger partial charge >= 0.3 is 6.03 Å². The van der Waals surface area contributed by atoms with Crippen molar-refractivity contribution in [2.75, 3.05) is 44.7 Å². The van der Waals surface area contributed by atoms with Crippen molar-refractivity contribution in [3.8, 4) is 0 Å². The topological polar surface area (TPSA) is 79.4 Å². The first-order chi connectivity index (χ1) is 11.6. The minimum absolute atomic E-state index is 0.209. The lowest BCUT2D eigenvalue weighted by molar-refractivity contribution is 0.0388. The number of carbonyl (C=O) groups is 1. The van der Waals surface area contributed by atoms with E-state index >= 15 is 0 Å². The molecule has 2 aromatic rings. The quantitative estimate of drug-likeness (QED) is 0.892. The van der Waals surface area contributed by atoms with Crippen molar-refractivity contribution in [3.63, 3.8) is 0 Å². The molecule has 0 bridgehead atoms. The molecule has 1 aliphatic heterocycles. The number of carbonyl (C=O) groups excluding carboxylic acids is 1. The number of ether oxygens (including phenoxy) is 1. The number of amides is 2. The van der Waals surface area contributed by atoms with Gasteiger partial charge in [-0.2, -0.15) is 0 Å². The summed E-state index contributed by atoms with van der Waals surface area (Å²) in [5.41, 5.74) is 4.14. The molecule has 2 N–H and O–H groups in total. The lowest BCUT2D eigenvalue weighted by atomic mass is 10.2. The first kappa shape index (κ1) is 16.6. The number of aryl methyl sites for hydroxylation is 2. The predicted octanol–water partition coefficient (Wildman–Crippen LogP) is 1.70. The maximum absolute atomic E-state index is 12.0. The molecule has 2 amide bonds. The Labute approximate surface area is 141 Å². The first-order valence-electron chi connectivity index (χ1n) is 8.22. The van der Waals surface area contributed by atoms with Gasteiger partial charge in [0.2, 0.25) is 0 Å². The van der Waals surface area contributed by atoms with Crippen LogP contribution in [-0.2, 0) is 4.74 Å². The molecule has 1 saturated heterocycles. The van der Waals surface area contributed by atoms with Crippen molar-refractivity contribution in [2.24, 2.45) is 0 Å². The Morgan fingerprint density at radius 2 is 1.88 bits per heavy atom. The molecule has 7 nitrogen and oxygen atoms in total. The van der Waals surface area contributed by atoms with Crippen LogP contribution in [0.2, 0.25) is 0 Å². The van der Waals surface area contributed by atoms with Crippen LogP contribution in [0.1, 0.15) is 11.4 Å². The van der Waals surface area contributed by atoms with Crippen LogP contribution < -0.4 is 10.6 Å². The monoisotopic (exact) mass is 329 g/mol. The van der Waals surface area contributed by atoms with Crippen LogP contribution in [0.3, 0.4) is 0 Å². The summed E-state index contributed by atoms with van der Waals surface area (Å²) in [6, 6.07) is 5.35. The van der Waals surface area contributed by atoms with E-state index in [0.29, 0.717) is 12.2 Å². The first-order valence-corrected chi connectivity index (χ1v) is 8.22. The second-order valence-electron chi connectivity index (χ2n) is 5.93. The van der Waals surface area contributed by atoms with Crippen LogP contribution in [0, 0.1) is 13.8 Å². The number of hydrogen-bond acceptors (Lipinski definition) is 5. The Bertz CT molecular complexity index is 728. The fourth-order valence-corrected chi connectivity index (χ4v) is 2.64. The molecule has 0 unspecified atom stereocenters. The average Bonchev–Trinajstić information content (AvgIpc) is 2.57. The standard InChI is InChI=1S/C17H23N5O2/c1-12-13(2)20-16-11-14(3-4-15(16)19-12)21-17(23)18-5-6-22-7-9-24-10-8-22/h3-4,11H,5-10H2,1-2H3,(H2,18,21,23). The largest absolute Gasteiger partial charge is 0.379 e. The molecular weight excluding hydrogens is 306 g/mol. The van der Waals surface area contributed by atoms with E-state index in [1.807, 2.05) is 32.0 Å². The molecule has 1 fully saturated rings. The number of urea groups is 1. The number of nitrogens with one attached hydrogen (secondary N) is 2. The molecule has 7 heteroatoms. The van der Waals surface area contributed by atoms with E-state index in [2.05, 4.69) is 25.5 Å². The van der Waals surface area contributed by atoms with Gasteiger partial charge < -0.3 is 15.4 Å². The summed E-state index contributed by atoms with van der Waals surface area (Å²) >= 11 is 0. The Balaban J connectivity index is 1.54. The number of anilines is 1. The van der Waals surface area contributed by atoms with Crippen molar-refractivity contribution >= 4 is 22.8 Å². The minimum Gasteiger partial charge on any atom is -0.379 e. The lowest BCUT2D eigenvalue weighted by Gasteiger charge is -2.26. The summed E-state index contributed by atoms with van der Waals surface area (Å²) in [6.45, 7) is 8.69. The van der Waals surface area contributed by atoms with Crippen LogP contribution in [0.25, 0.3) is 11.0 Å². The fraction of sp³-hybridized carbons (Fsp3) is 0.471. The van der Waals surface area contributed by atoms with Gasteiger partial charge in [-0.1, -0.05) is 0 Å². The molecule has 1 aromatic carbocycles. The molecular formula is C17H23N5O2. The highest BCUT2D eigenvalue weighted by atomic mass is 16.5. The highest BCUT2D eigenvalue weighted by Crippen LogP contribution is 2.17. The number of benzene rings is 1. The minimum atomic E-state index is -0.209. The summed E-state index contributed by atoms with van der Waals surface area (Å²) < 4.78 is 5.30. The third kappa shape index (κ3) is 4.18. The maximum Gasteiger partial charge on any atom is 0.319 e. The summed E-state index contributed by atoms with van der Waals surface area (Å²) in [5.74, 6) is 0. The van der Waals surface area contributed by atoms with E-state index in [1.54, 1.807) is 0 Å². The Morgan fingerprint density at radius 1 is 1.17 bits per heavy atom. The van der Waals surface area contributed by atoms with Gasteiger partial charge in [0.15, 0.2) is 0 Å². The summed E-state index contributed by atoms with van der Waals surface area (Å²) in [4.78, 5) is 23.3. The Hall–Kier alpha value is -2.25. The number of aromatic nitrogens is 2. The van der Waals surface area contributed by atoms with Gasteiger partial charge in [0, 0.05) is 31.9 Å². The summed E-state index contributed by atoms with van der Waals surface area (Å²) in [6.07, 6.45) is 0. The zero-order valence-electron chi connectivity index (χ0n) is 14.1. The van der Waals surface area contributed by atoms with Gasteiger partial charge in [0.05, 0.1) is 35.6 Å². The summed E-state index contributed by atoms with van der Waals surface area (Å²) in [7, 11) is 0. The molecule has 0 spiro atoms. The molecule has 1 aliphatic rings. The lowest BCUT2D eigenvalue weighted by Crippen LogP contribution is -2.42. The van der Waals surface area contributed by atoms with E-state index in [9.17, 15) is 4.79 Å². The molecule has 0 atom stereocenters. The van der Waals surface area contributed by atoms with Crippen molar-refractivity contribution in [1.82, 2.24) is 20.2 Å². The second-order valence-corrected chi connectivity index (χ2v) is 5.93. The Morgan fingerprint density at radius 3 is 2.62 bits per heavy atom. The highest BCUT2D eigenvalue weighted by Gasteiger charge is 2.10. The van der Waals surface area contributed by atoms with Crippen molar-refractivity contribution in [3.05, 3.63) is 29.6 Å². The SMILES string of the molecule is Cc1nc2ccc(NC(=O)NCCN3CCOCC3)cc2nc1C. The van der Waals surface area contributed by atoms with E-state index in [0.717, 1.165) is 55.3 Å². The van der Waals surface area contributed by atoms with Gasteiger partial charge in [-0.05, 0) is 32.0 Å². The van der Waals surface area contributed by atoms with E-state index in [1.165, 1.54) is 0 Å². The predicted molar refractivity (Wildman–Crippen MR) is 93.3 cm³/mol. The molecule has 0 aliphatic carbocycles. The fourth-order valence-electron chi connectivity index (χ4n) is 2.64. The van der Waals surface area contributed by atoms with Crippen LogP contribution in [0.4, 0.5) is 10.5 Å². The molecule has 0 radical (unpaired) electrons. The van der Waals surface area contributed by atoms with E-state index < -0.39 is 0 Å². The van der Waals surface area contributed by atoms with Gasteiger partial charge in [0.25, 0.3) is 0 Å². The van der Waals surface area contributed by atoms with E-state index in [4.69, 9.17) is 4.74 Å². The van der Waals surface area contributed by atoms with Crippen LogP contribution in [-0.4, -0.2) is 60.3 Å². The van der Waals surface area contributed by atoms with Crippen LogP contribution in [0.5, 0.6) is 0 Å². The van der Waals surface area contributed by atoms with Crippen LogP contribution in [0.15, 0.2) is 18.2 Å². The zero-order valence-corrected chi connectivity index (χ0v) is 14.1. The molecule has 3 rings (SSSR count). The van der Waals surface area contributed by atoms with Crippen molar-refractivity contribution in [2.45, 2.75) is 13.8 Å². The average molecular weight is 329 g/mol. The van der Waals surface area contributed by atoms with Gasteiger partial charge in [-0.3, -0.25) is 4.90 Å². The number of morpholine rings is 1. The maximum atomic E-state index is 12.0. The number of nitrogens with zero attached hydrogens (tertiary/aromatic N) is 3. The summed E-state index contributed by atoms with van der Waals surface area (Å²) in [5, 5.41) is 5.72. The molecule has 24 heavy (non-hydrogen) atoms. The molecule has 128 valence electrons. The van der Waals surface area contributed by atoms with Gasteiger partial charge in [-0.15, -0.1) is 0 Å². The zero-order chi connectivity index (χ0) is 16.9. The normalized spacial score (nSPS) is 15.4. The highest BCUT2D eigenvalue weighted by molar-refractivity contribution is 5.91. The second kappa shape index (κ2) is 7.55. The third-order valence-corrected chi connectivity index (χ3v) is 4.15.